The van der Waals surface area contributed by atoms with Gasteiger partial charge < -0.3 is 20.1 Å². The number of ether oxygens (including phenoxy) is 2. The number of carbonyl (C=O) groups excluding carboxylic acids is 1. The van der Waals surface area contributed by atoms with Crippen LogP contribution in [0, 0.1) is 6.92 Å². The number of hydrogen-bond donors (Lipinski definition) is 2. The first-order valence-corrected chi connectivity index (χ1v) is 10.1. The second kappa shape index (κ2) is 6.66. The van der Waals surface area contributed by atoms with Crippen molar-refractivity contribution in [3.05, 3.63) is 42.0 Å². The van der Waals surface area contributed by atoms with Crippen LogP contribution in [0.4, 0.5) is 21.9 Å². The summed E-state index contributed by atoms with van der Waals surface area (Å²) in [6.07, 6.45) is 0.601. The zero-order valence-corrected chi connectivity index (χ0v) is 15.5. The van der Waals surface area contributed by atoms with E-state index in [0.29, 0.717) is 41.5 Å². The van der Waals surface area contributed by atoms with Gasteiger partial charge in [0.2, 0.25) is 16.8 Å². The summed E-state index contributed by atoms with van der Waals surface area (Å²) in [5.41, 5.74) is 2.49. The molecule has 1 fully saturated rings. The van der Waals surface area contributed by atoms with Gasteiger partial charge in [-0.05, 0) is 43.2 Å². The molecule has 0 aromatic heterocycles. The fourth-order valence-corrected chi connectivity index (χ4v) is 4.64. The first-order chi connectivity index (χ1) is 12.9. The van der Waals surface area contributed by atoms with E-state index in [0.717, 1.165) is 5.56 Å². The number of urea groups is 1. The molecule has 2 aromatic rings. The normalized spacial score (nSPS) is 17.0. The molecule has 0 saturated carbocycles. The minimum absolute atomic E-state index is 0.147. The number of anilines is 3. The summed E-state index contributed by atoms with van der Waals surface area (Å²) >= 11 is 0. The average Bonchev–Trinajstić information content (AvgIpc) is 3.22. The first kappa shape index (κ1) is 17.5. The van der Waals surface area contributed by atoms with Crippen molar-refractivity contribution < 1.29 is 22.7 Å². The van der Waals surface area contributed by atoms with Crippen LogP contribution in [0.3, 0.4) is 0 Å². The molecule has 1 saturated heterocycles. The fraction of sp³-hybridized carbons (Fsp3) is 0.278. The number of carbonyl (C=O) groups is 1. The van der Waals surface area contributed by atoms with Crippen molar-refractivity contribution in [3.8, 4) is 11.5 Å². The number of fused-ring (bicyclic) bond motifs is 1. The van der Waals surface area contributed by atoms with Crippen LogP contribution in [-0.2, 0) is 10.0 Å². The Labute approximate surface area is 157 Å². The molecule has 0 radical (unpaired) electrons. The summed E-state index contributed by atoms with van der Waals surface area (Å²) in [6, 6.07) is 9.91. The number of rotatable bonds is 3. The lowest BCUT2D eigenvalue weighted by Gasteiger charge is -2.19. The number of nitrogens with one attached hydrogen (secondary N) is 2. The third-order valence-corrected chi connectivity index (χ3v) is 6.36. The molecule has 0 spiro atoms. The average molecular weight is 389 g/mol. The van der Waals surface area contributed by atoms with Crippen LogP contribution in [0.5, 0.6) is 11.5 Å². The van der Waals surface area contributed by atoms with Crippen molar-refractivity contribution >= 4 is 33.1 Å². The highest BCUT2D eigenvalue weighted by molar-refractivity contribution is 7.93. The number of aryl methyl sites for hydroxylation is 1. The van der Waals surface area contributed by atoms with Crippen molar-refractivity contribution in [1.82, 2.24) is 0 Å². The highest BCUT2D eigenvalue weighted by Gasteiger charge is 2.28. The number of hydrogen-bond acceptors (Lipinski definition) is 5. The molecule has 2 heterocycles. The van der Waals surface area contributed by atoms with E-state index in [2.05, 4.69) is 10.6 Å². The lowest BCUT2D eigenvalue weighted by Crippen LogP contribution is -2.25. The van der Waals surface area contributed by atoms with Gasteiger partial charge in [0, 0.05) is 24.0 Å². The predicted molar refractivity (Wildman–Crippen MR) is 102 cm³/mol. The van der Waals surface area contributed by atoms with E-state index >= 15 is 0 Å². The van der Waals surface area contributed by atoms with Gasteiger partial charge in [-0.15, -0.1) is 0 Å². The zero-order valence-electron chi connectivity index (χ0n) is 14.7. The van der Waals surface area contributed by atoms with Gasteiger partial charge in [0.25, 0.3) is 0 Å². The topological polar surface area (TPSA) is 97.0 Å². The van der Waals surface area contributed by atoms with Crippen molar-refractivity contribution in [2.75, 3.05) is 34.0 Å². The number of sulfonamides is 1. The number of benzene rings is 2. The van der Waals surface area contributed by atoms with Crippen LogP contribution in [0.25, 0.3) is 0 Å². The number of amides is 2. The minimum atomic E-state index is -3.27. The molecule has 2 aliphatic heterocycles. The largest absolute Gasteiger partial charge is 0.454 e. The SMILES string of the molecule is Cc1ccc(N2CCCS2(=O)=O)cc1NC(=O)Nc1ccc2c(c1)OCO2. The maximum absolute atomic E-state index is 12.4. The monoisotopic (exact) mass is 389 g/mol. The van der Waals surface area contributed by atoms with Crippen LogP contribution in [-0.4, -0.2) is 33.5 Å². The van der Waals surface area contributed by atoms with Crippen molar-refractivity contribution in [2.24, 2.45) is 0 Å². The van der Waals surface area contributed by atoms with Gasteiger partial charge in [0.1, 0.15) is 0 Å². The summed E-state index contributed by atoms with van der Waals surface area (Å²) in [5, 5.41) is 5.51. The minimum Gasteiger partial charge on any atom is -0.454 e. The Hall–Kier alpha value is -2.94. The second-order valence-electron chi connectivity index (χ2n) is 6.39. The van der Waals surface area contributed by atoms with Gasteiger partial charge in [0.15, 0.2) is 11.5 Å². The molecule has 8 nitrogen and oxygen atoms in total. The molecule has 27 heavy (non-hydrogen) atoms. The van der Waals surface area contributed by atoms with E-state index < -0.39 is 16.1 Å². The Bertz CT molecular complexity index is 1010. The van der Waals surface area contributed by atoms with Gasteiger partial charge >= 0.3 is 6.03 Å². The maximum atomic E-state index is 12.4. The molecule has 0 bridgehead atoms. The zero-order chi connectivity index (χ0) is 19.0. The Kier molecular flexibility index (Phi) is 4.31. The second-order valence-corrected chi connectivity index (χ2v) is 8.40. The maximum Gasteiger partial charge on any atom is 0.323 e. The fourth-order valence-electron chi connectivity index (χ4n) is 3.09. The summed E-state index contributed by atoms with van der Waals surface area (Å²) in [5.74, 6) is 1.36. The van der Waals surface area contributed by atoms with Crippen LogP contribution in [0.2, 0.25) is 0 Å². The Morgan fingerprint density at radius 1 is 1.07 bits per heavy atom. The van der Waals surface area contributed by atoms with Crippen LogP contribution in [0.15, 0.2) is 36.4 Å². The van der Waals surface area contributed by atoms with Gasteiger partial charge in [-0.2, -0.15) is 0 Å². The molecule has 2 amide bonds. The Morgan fingerprint density at radius 3 is 2.67 bits per heavy atom. The summed E-state index contributed by atoms with van der Waals surface area (Å²) < 4.78 is 36.2. The van der Waals surface area contributed by atoms with Crippen molar-refractivity contribution in [2.45, 2.75) is 13.3 Å². The molecule has 0 atom stereocenters. The van der Waals surface area contributed by atoms with E-state index in [1.165, 1.54) is 4.31 Å². The summed E-state index contributed by atoms with van der Waals surface area (Å²) in [7, 11) is -3.27. The lowest BCUT2D eigenvalue weighted by molar-refractivity contribution is 0.174. The summed E-state index contributed by atoms with van der Waals surface area (Å²) in [4.78, 5) is 12.4. The van der Waals surface area contributed by atoms with Crippen LogP contribution >= 0.6 is 0 Å². The van der Waals surface area contributed by atoms with E-state index in [1.807, 2.05) is 6.92 Å². The number of nitrogens with zero attached hydrogens (tertiary/aromatic N) is 1. The first-order valence-electron chi connectivity index (χ1n) is 8.51. The smallest absolute Gasteiger partial charge is 0.323 e. The van der Waals surface area contributed by atoms with Gasteiger partial charge in [-0.25, -0.2) is 13.2 Å². The molecule has 0 aliphatic carbocycles. The highest BCUT2D eigenvalue weighted by atomic mass is 32.2. The molecule has 9 heteroatoms. The molecule has 4 rings (SSSR count). The summed E-state index contributed by atoms with van der Waals surface area (Å²) in [6.45, 7) is 2.46. The van der Waals surface area contributed by atoms with E-state index in [-0.39, 0.29) is 12.5 Å². The predicted octanol–water partition coefficient (Wildman–Crippen LogP) is 2.91. The lowest BCUT2D eigenvalue weighted by atomic mass is 10.2. The van der Waals surface area contributed by atoms with E-state index in [9.17, 15) is 13.2 Å². The van der Waals surface area contributed by atoms with Gasteiger partial charge in [0.05, 0.1) is 11.4 Å². The third kappa shape index (κ3) is 3.50. The van der Waals surface area contributed by atoms with Crippen LogP contribution < -0.4 is 24.4 Å². The molecular formula is C18H19N3O5S. The van der Waals surface area contributed by atoms with E-state index in [1.54, 1.807) is 36.4 Å². The molecule has 142 valence electrons. The Morgan fingerprint density at radius 2 is 1.89 bits per heavy atom. The van der Waals surface area contributed by atoms with Crippen molar-refractivity contribution in [1.29, 1.82) is 0 Å². The van der Waals surface area contributed by atoms with Gasteiger partial charge in [-0.1, -0.05) is 6.07 Å². The van der Waals surface area contributed by atoms with Crippen molar-refractivity contribution in [3.63, 3.8) is 0 Å². The molecular weight excluding hydrogens is 370 g/mol. The highest BCUT2D eigenvalue weighted by Crippen LogP contribution is 2.34. The van der Waals surface area contributed by atoms with E-state index in [4.69, 9.17) is 9.47 Å². The van der Waals surface area contributed by atoms with Gasteiger partial charge in [-0.3, -0.25) is 4.31 Å². The third-order valence-electron chi connectivity index (χ3n) is 4.49. The quantitative estimate of drug-likeness (QED) is 0.841. The van der Waals surface area contributed by atoms with Crippen LogP contribution in [0.1, 0.15) is 12.0 Å². The Balaban J connectivity index is 1.50. The molecule has 2 aliphatic rings. The standard InChI is InChI=1S/C18H19N3O5S/c1-12-3-5-14(21-7-2-8-27(21,23)24)10-15(12)20-18(22)19-13-4-6-16-17(9-13)26-11-25-16/h3-6,9-10H,2,7-8,11H2,1H3,(H2,19,20,22). The molecule has 0 unspecified atom stereocenters. The molecule has 2 N–H and O–H groups in total. The molecule has 2 aromatic carbocycles.